The SMILES string of the molecule is CC(C)(C)c1ccc(C(Cc2ccc(C(=O)NCCS(=O)(=O)O)s2)C(=O)N(c2ccccc2)c2cc3cccoc-3c2)cc1. The summed E-state index contributed by atoms with van der Waals surface area (Å²) in [7, 11) is -4.19. The standard InChI is InChI=1S/C34H34N2O6S2/c1-34(2,3)25-13-11-23(12-14-25)29(22-28-15-16-31(43-28)32(37)35-17-19-44(39,40)41)33(38)36(26-9-5-4-6-10-26)27-20-24-8-7-18-42-30(24)21-27/h4-16,18,20-21,29H,17,19,22H2,1-3H3,(H,35,37)(H,39,40,41). The smallest absolute Gasteiger partial charge is 0.266 e. The number of hydrogen-bond donors (Lipinski definition) is 2. The number of nitrogens with one attached hydrogen (secondary N) is 1. The van der Waals surface area contributed by atoms with E-state index in [2.05, 4.69) is 38.2 Å². The number of carbonyl (C=O) groups is 2. The van der Waals surface area contributed by atoms with Gasteiger partial charge in [-0.1, -0.05) is 63.2 Å². The van der Waals surface area contributed by atoms with Crippen molar-refractivity contribution >= 4 is 44.6 Å². The number of rotatable bonds is 10. The molecule has 0 radical (unpaired) electrons. The van der Waals surface area contributed by atoms with Gasteiger partial charge in [0.25, 0.3) is 16.0 Å². The average Bonchev–Trinajstić information content (AvgIpc) is 3.63. The molecule has 0 saturated heterocycles. The molecule has 8 nitrogen and oxygen atoms in total. The number of benzene rings is 2. The monoisotopic (exact) mass is 630 g/mol. The van der Waals surface area contributed by atoms with E-state index in [1.54, 1.807) is 17.2 Å². The number of nitrogens with zero attached hydrogens (tertiary/aromatic N) is 1. The maximum Gasteiger partial charge on any atom is 0.266 e. The summed E-state index contributed by atoms with van der Waals surface area (Å²) in [5.74, 6) is -1.07. The summed E-state index contributed by atoms with van der Waals surface area (Å²) in [5.41, 5.74) is 4.22. The molecule has 3 aromatic rings. The van der Waals surface area contributed by atoms with Crippen LogP contribution in [0.5, 0.6) is 0 Å². The molecule has 2 amide bonds. The number of fused-ring (bicyclic) bond motifs is 1. The Morgan fingerprint density at radius 1 is 0.932 bits per heavy atom. The third-order valence-electron chi connectivity index (χ3n) is 7.32. The van der Waals surface area contributed by atoms with Gasteiger partial charge in [-0.15, -0.1) is 11.3 Å². The summed E-state index contributed by atoms with van der Waals surface area (Å²) < 4.78 is 36.7. The van der Waals surface area contributed by atoms with Crippen molar-refractivity contribution in [2.45, 2.75) is 38.5 Å². The third kappa shape index (κ3) is 7.45. The van der Waals surface area contributed by atoms with Gasteiger partial charge in [-0.2, -0.15) is 8.42 Å². The van der Waals surface area contributed by atoms with E-state index in [1.807, 2.05) is 72.8 Å². The molecule has 0 spiro atoms. The molecule has 5 rings (SSSR count). The lowest BCUT2D eigenvalue weighted by Crippen LogP contribution is -2.32. The van der Waals surface area contributed by atoms with Gasteiger partial charge in [0.2, 0.25) is 5.91 Å². The molecule has 1 aliphatic heterocycles. The summed E-state index contributed by atoms with van der Waals surface area (Å²) >= 11 is 1.24. The molecule has 2 aliphatic rings. The van der Waals surface area contributed by atoms with Gasteiger partial charge >= 0.3 is 0 Å². The zero-order valence-electron chi connectivity index (χ0n) is 24.7. The van der Waals surface area contributed by atoms with Crippen LogP contribution in [0.4, 0.5) is 11.4 Å². The Balaban J connectivity index is 1.51. The molecule has 1 unspecified atom stereocenters. The second kappa shape index (κ2) is 12.8. The lowest BCUT2D eigenvalue weighted by atomic mass is 9.84. The zero-order chi connectivity index (χ0) is 31.5. The van der Waals surface area contributed by atoms with Crippen molar-refractivity contribution < 1.29 is 27.0 Å². The van der Waals surface area contributed by atoms with Crippen LogP contribution < -0.4 is 10.2 Å². The van der Waals surface area contributed by atoms with E-state index in [4.69, 9.17) is 8.97 Å². The molecule has 2 aromatic carbocycles. The van der Waals surface area contributed by atoms with Crippen LogP contribution in [-0.4, -0.2) is 37.1 Å². The highest BCUT2D eigenvalue weighted by Crippen LogP contribution is 2.38. The highest BCUT2D eigenvalue weighted by Gasteiger charge is 2.31. The summed E-state index contributed by atoms with van der Waals surface area (Å²) in [6, 6.07) is 28.6. The molecule has 0 fully saturated rings. The van der Waals surface area contributed by atoms with Crippen molar-refractivity contribution in [1.29, 1.82) is 0 Å². The van der Waals surface area contributed by atoms with Gasteiger partial charge < -0.3 is 9.73 Å². The molecule has 44 heavy (non-hydrogen) atoms. The fourth-order valence-electron chi connectivity index (χ4n) is 5.00. The van der Waals surface area contributed by atoms with Crippen molar-refractivity contribution in [2.75, 3.05) is 17.2 Å². The van der Waals surface area contributed by atoms with Gasteiger partial charge in [0.1, 0.15) is 5.76 Å². The van der Waals surface area contributed by atoms with Crippen molar-refractivity contribution in [1.82, 2.24) is 5.32 Å². The van der Waals surface area contributed by atoms with Crippen LogP contribution in [-0.2, 0) is 26.7 Å². The Kier molecular flexibility index (Phi) is 9.05. The van der Waals surface area contributed by atoms with E-state index in [1.165, 1.54) is 11.3 Å². The van der Waals surface area contributed by atoms with Gasteiger partial charge in [0, 0.05) is 28.7 Å². The van der Waals surface area contributed by atoms with Crippen molar-refractivity contribution in [3.63, 3.8) is 0 Å². The highest BCUT2D eigenvalue weighted by atomic mass is 32.2. The molecule has 228 valence electrons. The Hall–Kier alpha value is -4.25. The molecule has 10 heteroatoms. The topological polar surface area (TPSA) is 117 Å². The normalized spacial score (nSPS) is 12.6. The maximum absolute atomic E-state index is 14.7. The molecular formula is C34H34N2O6S2. The maximum atomic E-state index is 14.7. The molecule has 1 atom stereocenters. The lowest BCUT2D eigenvalue weighted by molar-refractivity contribution is -0.119. The zero-order valence-corrected chi connectivity index (χ0v) is 26.3. The van der Waals surface area contributed by atoms with Crippen LogP contribution in [0.3, 0.4) is 0 Å². The minimum Gasteiger partial charge on any atom is -0.464 e. The van der Waals surface area contributed by atoms with Crippen molar-refractivity contribution in [2.24, 2.45) is 0 Å². The first-order valence-electron chi connectivity index (χ1n) is 14.2. The molecular weight excluding hydrogens is 597 g/mol. The van der Waals surface area contributed by atoms with Crippen LogP contribution in [0.15, 0.2) is 102 Å². The van der Waals surface area contributed by atoms with E-state index < -0.39 is 27.7 Å². The molecule has 2 N–H and O–H groups in total. The van der Waals surface area contributed by atoms with Crippen LogP contribution >= 0.6 is 11.3 Å². The van der Waals surface area contributed by atoms with Gasteiger partial charge in [-0.25, -0.2) is 0 Å². The van der Waals surface area contributed by atoms with E-state index >= 15 is 0 Å². The molecule has 0 saturated carbocycles. The molecule has 1 aromatic heterocycles. The van der Waals surface area contributed by atoms with Crippen LogP contribution in [0.25, 0.3) is 11.3 Å². The van der Waals surface area contributed by atoms with Crippen LogP contribution in [0.1, 0.15) is 52.4 Å². The number of para-hydroxylation sites is 1. The second-order valence-corrected chi connectivity index (χ2v) is 14.3. The predicted molar refractivity (Wildman–Crippen MR) is 174 cm³/mol. The van der Waals surface area contributed by atoms with Crippen molar-refractivity contribution in [3.05, 3.63) is 118 Å². The Labute approximate surface area is 261 Å². The third-order valence-corrected chi connectivity index (χ3v) is 9.15. The Morgan fingerprint density at radius 2 is 1.66 bits per heavy atom. The van der Waals surface area contributed by atoms with Gasteiger partial charge in [0.15, 0.2) is 0 Å². The number of amides is 2. The number of hydrogen-bond acceptors (Lipinski definition) is 6. The van der Waals surface area contributed by atoms with E-state index in [0.717, 1.165) is 21.6 Å². The Morgan fingerprint density at radius 3 is 2.32 bits per heavy atom. The fraction of sp³-hybridized carbons (Fsp3) is 0.235. The van der Waals surface area contributed by atoms with E-state index in [-0.39, 0.29) is 17.9 Å². The molecule has 2 heterocycles. The second-order valence-electron chi connectivity index (χ2n) is 11.6. The van der Waals surface area contributed by atoms with Crippen LogP contribution in [0, 0.1) is 0 Å². The summed E-state index contributed by atoms with van der Waals surface area (Å²) in [6.07, 6.45) is 1.94. The number of carbonyl (C=O) groups excluding carboxylic acids is 2. The summed E-state index contributed by atoms with van der Waals surface area (Å²) in [6.45, 7) is 6.21. The lowest BCUT2D eigenvalue weighted by Gasteiger charge is -2.28. The first-order chi connectivity index (χ1) is 20.9. The van der Waals surface area contributed by atoms with Crippen molar-refractivity contribution in [3.8, 4) is 11.3 Å². The summed E-state index contributed by atoms with van der Waals surface area (Å²) in [4.78, 5) is 30.3. The average molecular weight is 631 g/mol. The van der Waals surface area contributed by atoms with Crippen LogP contribution in [0.2, 0.25) is 0 Å². The summed E-state index contributed by atoms with van der Waals surface area (Å²) in [5, 5.41) is 2.52. The van der Waals surface area contributed by atoms with E-state index in [0.29, 0.717) is 28.4 Å². The quantitative estimate of drug-likeness (QED) is 0.160. The van der Waals surface area contributed by atoms with Gasteiger partial charge in [-0.05, 0) is 65.4 Å². The fourth-order valence-corrected chi connectivity index (χ4v) is 6.33. The first kappa shape index (κ1) is 31.2. The highest BCUT2D eigenvalue weighted by molar-refractivity contribution is 7.85. The van der Waals surface area contributed by atoms with Gasteiger partial charge in [0.05, 0.1) is 28.5 Å². The van der Waals surface area contributed by atoms with E-state index in [9.17, 15) is 18.0 Å². The van der Waals surface area contributed by atoms with Gasteiger partial charge in [-0.3, -0.25) is 19.0 Å². The minimum absolute atomic E-state index is 0.0572. The minimum atomic E-state index is -4.19. The first-order valence-corrected chi connectivity index (χ1v) is 16.6. The molecule has 0 bridgehead atoms. The Bertz CT molecular complexity index is 1790. The number of anilines is 2. The predicted octanol–water partition coefficient (Wildman–Crippen LogP) is 7.05. The number of thiophene rings is 1. The molecule has 1 aliphatic carbocycles. The largest absolute Gasteiger partial charge is 0.464 e.